The molecule has 0 bridgehead atoms. The van der Waals surface area contributed by atoms with Gasteiger partial charge in [0.2, 0.25) is 0 Å². The second kappa shape index (κ2) is 7.43. The average Bonchev–Trinajstić information content (AvgIpc) is 3.07. The van der Waals surface area contributed by atoms with Gasteiger partial charge in [-0.3, -0.25) is 10.3 Å². The molecule has 0 fully saturated rings. The highest BCUT2D eigenvalue weighted by Gasteiger charge is 2.19. The van der Waals surface area contributed by atoms with Crippen LogP contribution in [-0.2, 0) is 4.74 Å². The average molecular weight is 382 g/mol. The quantitative estimate of drug-likeness (QED) is 0.704. The first kappa shape index (κ1) is 19.0. The monoisotopic (exact) mass is 382 g/mol. The molecule has 0 aliphatic rings. The first-order valence-corrected chi connectivity index (χ1v) is 8.29. The largest absolute Gasteiger partial charge is 0.476 e. The molecule has 2 N–H and O–H groups in total. The topological polar surface area (TPSA) is 132 Å². The lowest BCUT2D eigenvalue weighted by molar-refractivity contribution is 0.0633. The zero-order valence-corrected chi connectivity index (χ0v) is 15.4. The van der Waals surface area contributed by atoms with E-state index in [9.17, 15) is 14.7 Å². The van der Waals surface area contributed by atoms with Crippen LogP contribution in [0, 0.1) is 0 Å². The number of rotatable bonds is 4. The number of carbonyl (C=O) groups is 2. The maximum absolute atomic E-state index is 11.8. The summed E-state index contributed by atoms with van der Waals surface area (Å²) >= 11 is 0. The molecule has 1 amide bonds. The minimum atomic E-state index is -1.17. The van der Waals surface area contributed by atoms with E-state index in [1.54, 1.807) is 45.3 Å². The number of ether oxygens (including phenoxy) is 1. The highest BCUT2D eigenvalue weighted by Crippen LogP contribution is 2.22. The first-order valence-electron chi connectivity index (χ1n) is 8.29. The molecule has 0 radical (unpaired) electrons. The molecular weight excluding hydrogens is 364 g/mol. The third kappa shape index (κ3) is 4.47. The van der Waals surface area contributed by atoms with Crippen molar-refractivity contribution in [3.8, 4) is 17.1 Å². The number of nitrogens with one attached hydrogen (secondary N) is 1. The Kier molecular flexibility index (Phi) is 5.03. The standard InChI is InChI=1S/C18H18N6O4/c1-18(2,3)28-17(27)22-15-10-20-13(9-21-15)14-7-12(16(25)26)23-24(14)11-5-4-6-19-8-11/h4-10H,1-3H3,(H,25,26)(H,21,22,27). The Hall–Kier alpha value is -3.82. The molecule has 28 heavy (non-hydrogen) atoms. The number of aromatic nitrogens is 5. The summed E-state index contributed by atoms with van der Waals surface area (Å²) in [6.07, 6.45) is 5.25. The summed E-state index contributed by atoms with van der Waals surface area (Å²) in [5.41, 5.74) is 0.584. The van der Waals surface area contributed by atoms with Crippen LogP contribution in [0.1, 0.15) is 31.3 Å². The normalized spacial score (nSPS) is 11.1. The zero-order chi connectivity index (χ0) is 20.3. The van der Waals surface area contributed by atoms with Gasteiger partial charge in [0, 0.05) is 12.3 Å². The van der Waals surface area contributed by atoms with Crippen LogP contribution in [0.3, 0.4) is 0 Å². The molecule has 144 valence electrons. The predicted molar refractivity (Wildman–Crippen MR) is 99.2 cm³/mol. The van der Waals surface area contributed by atoms with Crippen molar-refractivity contribution in [2.45, 2.75) is 26.4 Å². The summed E-state index contributed by atoms with van der Waals surface area (Å²) in [5, 5.41) is 15.8. The molecule has 0 atom stereocenters. The summed E-state index contributed by atoms with van der Waals surface area (Å²) in [4.78, 5) is 35.5. The van der Waals surface area contributed by atoms with Gasteiger partial charge < -0.3 is 9.84 Å². The molecule has 3 aromatic heterocycles. The number of anilines is 1. The van der Waals surface area contributed by atoms with Crippen LogP contribution in [0.5, 0.6) is 0 Å². The van der Waals surface area contributed by atoms with Crippen LogP contribution in [0.15, 0.2) is 43.0 Å². The van der Waals surface area contributed by atoms with E-state index in [1.165, 1.54) is 23.1 Å². The van der Waals surface area contributed by atoms with E-state index in [4.69, 9.17) is 4.74 Å². The number of hydrogen-bond donors (Lipinski definition) is 2. The number of carboxylic acid groups (broad SMARTS) is 1. The number of hydrogen-bond acceptors (Lipinski definition) is 7. The van der Waals surface area contributed by atoms with E-state index in [1.807, 2.05) is 0 Å². The first-order chi connectivity index (χ1) is 13.2. The fourth-order valence-electron chi connectivity index (χ4n) is 2.28. The lowest BCUT2D eigenvalue weighted by Crippen LogP contribution is -2.27. The van der Waals surface area contributed by atoms with Gasteiger partial charge in [-0.25, -0.2) is 24.2 Å². The summed E-state index contributed by atoms with van der Waals surface area (Å²) < 4.78 is 6.58. The zero-order valence-electron chi connectivity index (χ0n) is 15.4. The van der Waals surface area contributed by atoms with Crippen molar-refractivity contribution < 1.29 is 19.4 Å². The van der Waals surface area contributed by atoms with E-state index in [0.29, 0.717) is 17.1 Å². The van der Waals surface area contributed by atoms with Crippen molar-refractivity contribution in [1.82, 2.24) is 24.7 Å². The van der Waals surface area contributed by atoms with Crippen LogP contribution in [0.2, 0.25) is 0 Å². The van der Waals surface area contributed by atoms with Gasteiger partial charge in [-0.1, -0.05) is 0 Å². The Labute approximate surface area is 160 Å². The van der Waals surface area contributed by atoms with Crippen LogP contribution in [-0.4, -0.2) is 47.5 Å². The summed E-state index contributed by atoms with van der Waals surface area (Å²) in [6, 6.07) is 4.84. The molecule has 0 unspecified atom stereocenters. The van der Waals surface area contributed by atoms with E-state index in [-0.39, 0.29) is 11.5 Å². The predicted octanol–water partition coefficient (Wildman–Crippen LogP) is 2.77. The highest BCUT2D eigenvalue weighted by atomic mass is 16.6. The molecule has 0 aromatic carbocycles. The van der Waals surface area contributed by atoms with Crippen molar-refractivity contribution in [1.29, 1.82) is 0 Å². The molecule has 0 saturated heterocycles. The second-order valence-electron chi connectivity index (χ2n) is 6.76. The van der Waals surface area contributed by atoms with Gasteiger partial charge in [0.15, 0.2) is 11.5 Å². The Bertz CT molecular complexity index is 993. The van der Waals surface area contributed by atoms with Crippen molar-refractivity contribution in [3.63, 3.8) is 0 Å². The van der Waals surface area contributed by atoms with Gasteiger partial charge in [-0.05, 0) is 32.9 Å². The lowest BCUT2D eigenvalue weighted by atomic mass is 10.2. The van der Waals surface area contributed by atoms with E-state index >= 15 is 0 Å². The number of carboxylic acids is 1. The molecule has 0 spiro atoms. The number of amides is 1. The Balaban J connectivity index is 1.89. The van der Waals surface area contributed by atoms with Crippen molar-refractivity contribution >= 4 is 17.9 Å². The fraction of sp³-hybridized carbons (Fsp3) is 0.222. The molecule has 10 nitrogen and oxygen atoms in total. The Morgan fingerprint density at radius 3 is 2.54 bits per heavy atom. The van der Waals surface area contributed by atoms with Crippen LogP contribution < -0.4 is 5.32 Å². The molecule has 10 heteroatoms. The number of nitrogens with zero attached hydrogens (tertiary/aromatic N) is 5. The third-order valence-corrected chi connectivity index (χ3v) is 3.36. The van der Waals surface area contributed by atoms with Crippen LogP contribution in [0.4, 0.5) is 10.6 Å². The molecule has 0 aliphatic heterocycles. The fourth-order valence-corrected chi connectivity index (χ4v) is 2.28. The minimum absolute atomic E-state index is 0.142. The smallest absolute Gasteiger partial charge is 0.413 e. The van der Waals surface area contributed by atoms with Gasteiger partial charge in [0.05, 0.1) is 30.0 Å². The molecule has 3 rings (SSSR count). The maximum Gasteiger partial charge on any atom is 0.413 e. The highest BCUT2D eigenvalue weighted by molar-refractivity contribution is 5.87. The molecule has 3 aromatic rings. The van der Waals surface area contributed by atoms with Gasteiger partial charge in [0.25, 0.3) is 0 Å². The van der Waals surface area contributed by atoms with Crippen molar-refractivity contribution in [2.24, 2.45) is 0 Å². The molecule has 3 heterocycles. The van der Waals surface area contributed by atoms with Crippen molar-refractivity contribution in [2.75, 3.05) is 5.32 Å². The minimum Gasteiger partial charge on any atom is -0.476 e. The molecule has 0 saturated carbocycles. The number of pyridine rings is 1. The van der Waals surface area contributed by atoms with Gasteiger partial charge in [-0.15, -0.1) is 0 Å². The summed E-state index contributed by atoms with van der Waals surface area (Å²) in [7, 11) is 0. The van der Waals surface area contributed by atoms with E-state index in [0.717, 1.165) is 0 Å². The van der Waals surface area contributed by atoms with Crippen LogP contribution >= 0.6 is 0 Å². The second-order valence-corrected chi connectivity index (χ2v) is 6.76. The van der Waals surface area contributed by atoms with E-state index < -0.39 is 17.7 Å². The van der Waals surface area contributed by atoms with Crippen LogP contribution in [0.25, 0.3) is 17.1 Å². The molecule has 0 aliphatic carbocycles. The summed E-state index contributed by atoms with van der Waals surface area (Å²) in [6.45, 7) is 5.25. The third-order valence-electron chi connectivity index (χ3n) is 3.36. The maximum atomic E-state index is 11.8. The summed E-state index contributed by atoms with van der Waals surface area (Å²) in [5.74, 6) is -0.969. The Morgan fingerprint density at radius 1 is 1.18 bits per heavy atom. The number of carbonyl (C=O) groups excluding carboxylic acids is 1. The SMILES string of the molecule is CC(C)(C)OC(=O)Nc1cnc(-c2cc(C(=O)O)nn2-c2cccnc2)cn1. The van der Waals surface area contributed by atoms with Gasteiger partial charge in [0.1, 0.15) is 11.3 Å². The molecular formula is C18H18N6O4. The Morgan fingerprint density at radius 2 is 1.96 bits per heavy atom. The van der Waals surface area contributed by atoms with Gasteiger partial charge in [-0.2, -0.15) is 5.10 Å². The van der Waals surface area contributed by atoms with Crippen molar-refractivity contribution in [3.05, 3.63) is 48.7 Å². The lowest BCUT2D eigenvalue weighted by Gasteiger charge is -2.19. The van der Waals surface area contributed by atoms with Gasteiger partial charge >= 0.3 is 12.1 Å². The van der Waals surface area contributed by atoms with E-state index in [2.05, 4.69) is 25.4 Å². The number of aromatic carboxylic acids is 1.